The highest BCUT2D eigenvalue weighted by atomic mass is 16.5. The molecule has 2 atom stereocenters. The number of fused-ring (bicyclic) bond motifs is 1. The van der Waals surface area contributed by atoms with Crippen LogP contribution in [0.5, 0.6) is 0 Å². The van der Waals surface area contributed by atoms with Gasteiger partial charge < -0.3 is 15.0 Å². The van der Waals surface area contributed by atoms with Crippen LogP contribution in [0.1, 0.15) is 55.8 Å². The van der Waals surface area contributed by atoms with E-state index < -0.39 is 0 Å². The van der Waals surface area contributed by atoms with E-state index in [0.29, 0.717) is 0 Å². The average molecular weight is 221 g/mol. The smallest absolute Gasteiger partial charge is 0.138 e. The van der Waals surface area contributed by atoms with Gasteiger partial charge in [0, 0.05) is 19.2 Å². The van der Waals surface area contributed by atoms with Gasteiger partial charge in [-0.25, -0.2) is 4.98 Å². The zero-order chi connectivity index (χ0) is 11.0. The zero-order valence-corrected chi connectivity index (χ0v) is 9.56. The Morgan fingerprint density at radius 3 is 3.06 bits per heavy atom. The molecule has 3 heterocycles. The molecule has 4 heteroatoms. The maximum Gasteiger partial charge on any atom is 0.138 e. The number of nitrogens with two attached hydrogens (primary N) is 1. The van der Waals surface area contributed by atoms with Gasteiger partial charge in [-0.3, -0.25) is 0 Å². The molecular formula is C12H19N3O. The molecule has 0 aromatic carbocycles. The monoisotopic (exact) mass is 221 g/mol. The molecule has 16 heavy (non-hydrogen) atoms. The zero-order valence-electron chi connectivity index (χ0n) is 9.56. The van der Waals surface area contributed by atoms with Gasteiger partial charge in [0.1, 0.15) is 11.9 Å². The number of aromatic nitrogens is 2. The van der Waals surface area contributed by atoms with Gasteiger partial charge in [0.25, 0.3) is 0 Å². The van der Waals surface area contributed by atoms with Gasteiger partial charge in [-0.2, -0.15) is 0 Å². The Morgan fingerprint density at radius 2 is 2.25 bits per heavy atom. The molecule has 0 bridgehead atoms. The summed E-state index contributed by atoms with van der Waals surface area (Å²) in [6, 6.07) is 0.165. The third-order valence-corrected chi connectivity index (χ3v) is 3.66. The summed E-state index contributed by atoms with van der Waals surface area (Å²) in [6.45, 7) is 1.93. The molecule has 0 amide bonds. The molecule has 1 saturated heterocycles. The van der Waals surface area contributed by atoms with Crippen LogP contribution in [0.4, 0.5) is 0 Å². The Labute approximate surface area is 95.8 Å². The summed E-state index contributed by atoms with van der Waals surface area (Å²) in [5.41, 5.74) is 7.28. The van der Waals surface area contributed by atoms with Gasteiger partial charge in [0.15, 0.2) is 0 Å². The molecule has 2 aliphatic rings. The molecule has 0 aliphatic carbocycles. The summed E-state index contributed by atoms with van der Waals surface area (Å²) in [5, 5.41) is 0. The number of imidazole rings is 1. The van der Waals surface area contributed by atoms with Crippen molar-refractivity contribution < 1.29 is 4.74 Å². The Kier molecular flexibility index (Phi) is 2.69. The molecule has 2 N–H and O–H groups in total. The number of rotatable bonds is 1. The quantitative estimate of drug-likeness (QED) is 0.788. The van der Waals surface area contributed by atoms with Gasteiger partial charge in [-0.05, 0) is 32.1 Å². The van der Waals surface area contributed by atoms with Crippen molar-refractivity contribution in [3.05, 3.63) is 17.7 Å². The van der Waals surface area contributed by atoms with Crippen molar-refractivity contribution in [2.45, 2.75) is 50.8 Å². The van der Waals surface area contributed by atoms with Crippen LogP contribution >= 0.6 is 0 Å². The minimum atomic E-state index is 0.165. The Hall–Kier alpha value is -0.870. The lowest BCUT2D eigenvalue weighted by Crippen LogP contribution is -2.24. The number of hydrogen-bond acceptors (Lipinski definition) is 3. The predicted molar refractivity (Wildman–Crippen MR) is 60.9 cm³/mol. The number of hydrogen-bond donors (Lipinski definition) is 1. The molecule has 88 valence electrons. The molecule has 0 spiro atoms. The maximum atomic E-state index is 6.09. The van der Waals surface area contributed by atoms with Gasteiger partial charge in [0.05, 0.1) is 11.9 Å². The number of nitrogens with zero attached hydrogens (tertiary/aromatic N) is 2. The Balaban J connectivity index is 1.89. The highest BCUT2D eigenvalue weighted by Gasteiger charge is 2.26. The van der Waals surface area contributed by atoms with Gasteiger partial charge in [0.2, 0.25) is 0 Å². The van der Waals surface area contributed by atoms with Crippen molar-refractivity contribution in [1.82, 2.24) is 9.55 Å². The third-order valence-electron chi connectivity index (χ3n) is 3.66. The van der Waals surface area contributed by atoms with Crippen LogP contribution in [0, 0.1) is 0 Å². The highest BCUT2D eigenvalue weighted by Crippen LogP contribution is 2.31. The fraction of sp³-hybridized carbons (Fsp3) is 0.750. The summed E-state index contributed by atoms with van der Waals surface area (Å²) in [5.74, 6) is 1.10. The molecule has 2 aliphatic heterocycles. The minimum absolute atomic E-state index is 0.165. The molecule has 1 aromatic rings. The van der Waals surface area contributed by atoms with Crippen molar-refractivity contribution >= 4 is 0 Å². The Morgan fingerprint density at radius 1 is 1.31 bits per heavy atom. The SMILES string of the molecule is NC1CCCn2c1cnc2C1CCCCO1. The van der Waals surface area contributed by atoms with Crippen LogP contribution < -0.4 is 5.73 Å². The summed E-state index contributed by atoms with van der Waals surface area (Å²) in [6.07, 6.45) is 7.92. The molecule has 1 fully saturated rings. The van der Waals surface area contributed by atoms with E-state index in [-0.39, 0.29) is 12.1 Å². The van der Waals surface area contributed by atoms with Gasteiger partial charge in [-0.1, -0.05) is 0 Å². The molecule has 0 radical (unpaired) electrons. The van der Waals surface area contributed by atoms with E-state index in [1.54, 1.807) is 0 Å². The first-order valence-corrected chi connectivity index (χ1v) is 6.29. The van der Waals surface area contributed by atoms with Crippen LogP contribution in [0.25, 0.3) is 0 Å². The lowest BCUT2D eigenvalue weighted by Gasteiger charge is -2.26. The minimum Gasteiger partial charge on any atom is -0.370 e. The first-order valence-electron chi connectivity index (χ1n) is 6.29. The third kappa shape index (κ3) is 1.66. The second-order valence-electron chi connectivity index (χ2n) is 4.80. The first-order chi connectivity index (χ1) is 7.86. The maximum absolute atomic E-state index is 6.09. The lowest BCUT2D eigenvalue weighted by atomic mass is 10.0. The molecular weight excluding hydrogens is 202 g/mol. The van der Waals surface area contributed by atoms with Crippen LogP contribution in [0.2, 0.25) is 0 Å². The van der Waals surface area contributed by atoms with E-state index in [2.05, 4.69) is 9.55 Å². The normalized spacial score (nSPS) is 30.1. The highest BCUT2D eigenvalue weighted by molar-refractivity contribution is 5.14. The predicted octanol–water partition coefficient (Wildman–Crippen LogP) is 1.92. The largest absolute Gasteiger partial charge is 0.370 e. The first kappa shape index (κ1) is 10.3. The topological polar surface area (TPSA) is 53.1 Å². The van der Waals surface area contributed by atoms with Crippen LogP contribution in [-0.4, -0.2) is 16.2 Å². The van der Waals surface area contributed by atoms with Crippen molar-refractivity contribution in [3.63, 3.8) is 0 Å². The van der Waals surface area contributed by atoms with Crippen LogP contribution in [0.3, 0.4) is 0 Å². The number of ether oxygens (including phenoxy) is 1. The van der Waals surface area contributed by atoms with E-state index in [4.69, 9.17) is 10.5 Å². The summed E-state index contributed by atoms with van der Waals surface area (Å²) < 4.78 is 8.08. The standard InChI is InChI=1S/C12H19N3O/c13-9-4-3-6-15-10(9)8-14-12(15)11-5-1-2-7-16-11/h8-9,11H,1-7,13H2. The van der Waals surface area contributed by atoms with Crippen molar-refractivity contribution in [2.24, 2.45) is 5.73 Å². The fourth-order valence-corrected chi connectivity index (χ4v) is 2.76. The summed E-state index contributed by atoms with van der Waals surface area (Å²) >= 11 is 0. The van der Waals surface area contributed by atoms with Gasteiger partial charge >= 0.3 is 0 Å². The summed E-state index contributed by atoms with van der Waals surface area (Å²) in [7, 11) is 0. The van der Waals surface area contributed by atoms with Crippen molar-refractivity contribution in [1.29, 1.82) is 0 Å². The molecule has 0 saturated carbocycles. The molecule has 1 aromatic heterocycles. The van der Waals surface area contributed by atoms with E-state index in [9.17, 15) is 0 Å². The van der Waals surface area contributed by atoms with E-state index >= 15 is 0 Å². The summed E-state index contributed by atoms with van der Waals surface area (Å²) in [4.78, 5) is 4.53. The van der Waals surface area contributed by atoms with Crippen LogP contribution in [-0.2, 0) is 11.3 Å². The van der Waals surface area contributed by atoms with E-state index in [0.717, 1.165) is 38.2 Å². The second-order valence-corrected chi connectivity index (χ2v) is 4.80. The van der Waals surface area contributed by atoms with Crippen molar-refractivity contribution in [3.8, 4) is 0 Å². The van der Waals surface area contributed by atoms with Crippen molar-refractivity contribution in [2.75, 3.05) is 6.61 Å². The fourth-order valence-electron chi connectivity index (χ4n) is 2.76. The van der Waals surface area contributed by atoms with Gasteiger partial charge in [-0.15, -0.1) is 0 Å². The van der Waals surface area contributed by atoms with Crippen LogP contribution in [0.15, 0.2) is 6.20 Å². The Bertz CT molecular complexity index is 368. The molecule has 4 nitrogen and oxygen atoms in total. The van der Waals surface area contributed by atoms with E-state index in [1.807, 2.05) is 6.20 Å². The van der Waals surface area contributed by atoms with E-state index in [1.165, 1.54) is 18.5 Å². The molecule has 3 rings (SSSR count). The molecule has 2 unspecified atom stereocenters. The average Bonchev–Trinajstić information content (AvgIpc) is 2.75. The lowest BCUT2D eigenvalue weighted by molar-refractivity contribution is 0.00687. The second kappa shape index (κ2) is 4.18.